The molecule has 168 valence electrons. The molecule has 2 atom stereocenters. The summed E-state index contributed by atoms with van der Waals surface area (Å²) in [5.41, 5.74) is 8.27. The van der Waals surface area contributed by atoms with E-state index in [9.17, 15) is 4.39 Å². The molecule has 0 radical (unpaired) electrons. The highest BCUT2D eigenvalue weighted by atomic mass is 19.1. The fourth-order valence-electron chi connectivity index (χ4n) is 3.85. The van der Waals surface area contributed by atoms with E-state index < -0.39 is 6.17 Å². The summed E-state index contributed by atoms with van der Waals surface area (Å²) >= 11 is 0. The van der Waals surface area contributed by atoms with Crippen LogP contribution in [-0.4, -0.2) is 29.9 Å². The Bertz CT molecular complexity index is 894. The lowest BCUT2D eigenvalue weighted by molar-refractivity contribution is 0.148. The van der Waals surface area contributed by atoms with Crippen LogP contribution in [0.5, 0.6) is 0 Å². The minimum absolute atomic E-state index is 0.335. The Morgan fingerprint density at radius 2 is 1.94 bits per heavy atom. The Balaban J connectivity index is 2.30. The van der Waals surface area contributed by atoms with E-state index in [0.29, 0.717) is 18.9 Å². The molecule has 3 heteroatoms. The lowest BCUT2D eigenvalue weighted by Gasteiger charge is -2.36. The Labute approximate surface area is 189 Å². The maximum atomic E-state index is 14.1. The highest BCUT2D eigenvalue weighted by molar-refractivity contribution is 6.00. The van der Waals surface area contributed by atoms with Crippen LogP contribution in [0.4, 0.5) is 10.1 Å². The number of alkyl halides is 1. The quantitative estimate of drug-likeness (QED) is 0.306. The van der Waals surface area contributed by atoms with Gasteiger partial charge in [0.25, 0.3) is 0 Å². The molecule has 1 saturated heterocycles. The van der Waals surface area contributed by atoms with Gasteiger partial charge in [-0.05, 0) is 74.8 Å². The molecule has 1 aromatic rings. The number of hydrogen-bond donors (Lipinski definition) is 0. The molecule has 1 aromatic carbocycles. The van der Waals surface area contributed by atoms with Gasteiger partial charge < -0.3 is 4.90 Å². The molecule has 0 aliphatic carbocycles. The first-order valence-corrected chi connectivity index (χ1v) is 11.4. The third-order valence-electron chi connectivity index (χ3n) is 5.91. The van der Waals surface area contributed by atoms with Crippen LogP contribution in [0.2, 0.25) is 0 Å². The van der Waals surface area contributed by atoms with Crippen LogP contribution in [0.3, 0.4) is 0 Å². The van der Waals surface area contributed by atoms with Gasteiger partial charge in [0.15, 0.2) is 0 Å². The zero-order chi connectivity index (χ0) is 23.1. The van der Waals surface area contributed by atoms with Gasteiger partial charge >= 0.3 is 0 Å². The number of aryl methyl sites for hydroxylation is 1. The van der Waals surface area contributed by atoms with Gasteiger partial charge in [0.05, 0.1) is 5.69 Å². The van der Waals surface area contributed by atoms with Crippen molar-refractivity contribution in [2.45, 2.75) is 67.0 Å². The van der Waals surface area contributed by atoms with Crippen molar-refractivity contribution in [2.75, 3.05) is 13.1 Å². The maximum Gasteiger partial charge on any atom is 0.118 e. The molecule has 0 amide bonds. The Kier molecular flexibility index (Phi) is 9.03. The molecule has 0 spiro atoms. The maximum absolute atomic E-state index is 14.1. The molecule has 0 N–H and O–H groups in total. The zero-order valence-corrected chi connectivity index (χ0v) is 20.3. The van der Waals surface area contributed by atoms with Crippen LogP contribution >= 0.6 is 0 Å². The summed E-state index contributed by atoms with van der Waals surface area (Å²) in [6.07, 6.45) is 6.42. The van der Waals surface area contributed by atoms with Crippen LogP contribution < -0.4 is 0 Å². The van der Waals surface area contributed by atoms with E-state index in [2.05, 4.69) is 76.1 Å². The van der Waals surface area contributed by atoms with Gasteiger partial charge in [-0.25, -0.2) is 4.39 Å². The van der Waals surface area contributed by atoms with Gasteiger partial charge in [-0.15, -0.1) is 0 Å². The topological polar surface area (TPSA) is 15.6 Å². The van der Waals surface area contributed by atoms with Crippen LogP contribution in [0.1, 0.15) is 65.0 Å². The number of rotatable bonds is 8. The van der Waals surface area contributed by atoms with Crippen molar-refractivity contribution in [1.29, 1.82) is 0 Å². The summed E-state index contributed by atoms with van der Waals surface area (Å²) in [4.78, 5) is 7.00. The number of aliphatic imine (C=N–C) groups is 1. The SMILES string of the molecule is C=C(C)C(=C\CCC)/C=C(\C)C(C)=Nc1cc(C(=C)N2CC(C)CC(F)C2)ccc1C. The number of nitrogens with zero attached hydrogens (tertiary/aromatic N) is 2. The van der Waals surface area contributed by atoms with Crippen LogP contribution in [0, 0.1) is 12.8 Å². The number of hydrogen-bond acceptors (Lipinski definition) is 2. The van der Waals surface area contributed by atoms with E-state index in [1.54, 1.807) is 0 Å². The summed E-state index contributed by atoms with van der Waals surface area (Å²) in [7, 11) is 0. The van der Waals surface area contributed by atoms with Crippen molar-refractivity contribution in [2.24, 2.45) is 10.9 Å². The van der Waals surface area contributed by atoms with Crippen LogP contribution in [0.25, 0.3) is 5.70 Å². The minimum Gasteiger partial charge on any atom is -0.368 e. The third kappa shape index (κ3) is 7.05. The van der Waals surface area contributed by atoms with Crippen molar-refractivity contribution in [3.8, 4) is 0 Å². The van der Waals surface area contributed by atoms with E-state index in [4.69, 9.17) is 4.99 Å². The van der Waals surface area contributed by atoms with Gasteiger partial charge in [0.2, 0.25) is 0 Å². The second-order valence-electron chi connectivity index (χ2n) is 9.04. The summed E-state index contributed by atoms with van der Waals surface area (Å²) < 4.78 is 14.1. The summed E-state index contributed by atoms with van der Waals surface area (Å²) in [6, 6.07) is 6.22. The summed E-state index contributed by atoms with van der Waals surface area (Å²) in [6.45, 7) is 22.2. The summed E-state index contributed by atoms with van der Waals surface area (Å²) in [5.74, 6) is 0.335. The van der Waals surface area contributed by atoms with Gasteiger partial charge in [-0.2, -0.15) is 0 Å². The fraction of sp³-hybridized carbons (Fsp3) is 0.464. The minimum atomic E-state index is -0.790. The molecular weight excluding hydrogens is 383 g/mol. The Hall–Kier alpha value is -2.42. The van der Waals surface area contributed by atoms with Crippen molar-refractivity contribution in [1.82, 2.24) is 4.90 Å². The molecule has 0 aromatic heterocycles. The van der Waals surface area contributed by atoms with Crippen molar-refractivity contribution >= 4 is 17.1 Å². The molecule has 0 bridgehead atoms. The predicted octanol–water partition coefficient (Wildman–Crippen LogP) is 7.99. The van der Waals surface area contributed by atoms with E-state index >= 15 is 0 Å². The molecular formula is C28H39FN2. The molecule has 2 rings (SSSR count). The number of piperidine rings is 1. The highest BCUT2D eigenvalue weighted by Crippen LogP contribution is 2.30. The Morgan fingerprint density at radius 1 is 1.23 bits per heavy atom. The predicted molar refractivity (Wildman–Crippen MR) is 135 cm³/mol. The van der Waals surface area contributed by atoms with E-state index in [1.165, 1.54) is 5.57 Å². The first-order chi connectivity index (χ1) is 14.6. The van der Waals surface area contributed by atoms with Crippen molar-refractivity contribution in [3.05, 3.63) is 71.4 Å². The average molecular weight is 423 g/mol. The van der Waals surface area contributed by atoms with Crippen molar-refractivity contribution < 1.29 is 4.39 Å². The number of benzene rings is 1. The number of likely N-dealkylation sites (tertiary alicyclic amines) is 1. The van der Waals surface area contributed by atoms with Crippen molar-refractivity contribution in [3.63, 3.8) is 0 Å². The highest BCUT2D eigenvalue weighted by Gasteiger charge is 2.25. The Morgan fingerprint density at radius 3 is 2.55 bits per heavy atom. The fourth-order valence-corrected chi connectivity index (χ4v) is 3.85. The zero-order valence-electron chi connectivity index (χ0n) is 20.3. The van der Waals surface area contributed by atoms with Gasteiger partial charge in [-0.1, -0.05) is 63.3 Å². The second kappa shape index (κ2) is 11.3. The average Bonchev–Trinajstić information content (AvgIpc) is 2.70. The molecule has 0 saturated carbocycles. The first kappa shape index (κ1) is 24.8. The summed E-state index contributed by atoms with van der Waals surface area (Å²) in [5, 5.41) is 0. The lowest BCUT2D eigenvalue weighted by atomic mass is 9.97. The molecule has 1 aliphatic rings. The molecule has 1 aliphatic heterocycles. The normalized spacial score (nSPS) is 20.7. The van der Waals surface area contributed by atoms with E-state index in [0.717, 1.165) is 58.8 Å². The number of halogens is 1. The molecule has 1 heterocycles. The largest absolute Gasteiger partial charge is 0.368 e. The third-order valence-corrected chi connectivity index (χ3v) is 5.91. The number of allylic oxidation sites excluding steroid dienone is 5. The monoisotopic (exact) mass is 422 g/mol. The molecule has 1 fully saturated rings. The first-order valence-electron chi connectivity index (χ1n) is 11.4. The molecule has 31 heavy (non-hydrogen) atoms. The van der Waals surface area contributed by atoms with E-state index in [1.807, 2.05) is 13.8 Å². The smallest absolute Gasteiger partial charge is 0.118 e. The molecule has 2 unspecified atom stereocenters. The number of unbranched alkanes of at least 4 members (excludes halogenated alkanes) is 1. The lowest BCUT2D eigenvalue weighted by Crippen LogP contribution is -2.39. The van der Waals surface area contributed by atoms with Gasteiger partial charge in [-0.3, -0.25) is 4.99 Å². The second-order valence-corrected chi connectivity index (χ2v) is 9.04. The molecule has 2 nitrogen and oxygen atoms in total. The van der Waals surface area contributed by atoms with Crippen LogP contribution in [-0.2, 0) is 0 Å². The van der Waals surface area contributed by atoms with Crippen LogP contribution in [0.15, 0.2) is 65.2 Å². The van der Waals surface area contributed by atoms with Gasteiger partial charge in [0.1, 0.15) is 6.17 Å². The standard InChI is InChI=1S/C28H39FN2/c1-9-10-11-25(19(2)3)15-22(6)23(7)30-28-16-26(13-12-21(28)5)24(8)31-17-20(4)14-27(29)18-31/h11-13,15-16,20,27H,2,8-10,14,17-18H2,1,3-7H3/b22-15+,25-11-,30-23?. The van der Waals surface area contributed by atoms with Gasteiger partial charge in [0, 0.05) is 24.5 Å². The van der Waals surface area contributed by atoms with E-state index in [-0.39, 0.29) is 0 Å².